The smallest absolute Gasteiger partial charge is 0.261 e. The molecular weight excluding hydrogens is 356 g/mol. The van der Waals surface area contributed by atoms with Crippen molar-refractivity contribution in [3.05, 3.63) is 59.2 Å². The molecule has 6 heteroatoms. The van der Waals surface area contributed by atoms with E-state index in [1.165, 1.54) is 4.90 Å². The van der Waals surface area contributed by atoms with Crippen molar-refractivity contribution in [2.75, 3.05) is 26.8 Å². The molecule has 1 aliphatic heterocycles. The number of nitrogens with one attached hydrogen (secondary N) is 1. The summed E-state index contributed by atoms with van der Waals surface area (Å²) in [5.41, 5.74) is 2.13. The summed E-state index contributed by atoms with van der Waals surface area (Å²) < 4.78 is 10.9. The average molecular weight is 382 g/mol. The van der Waals surface area contributed by atoms with Crippen LogP contribution in [0.2, 0.25) is 0 Å². The summed E-state index contributed by atoms with van der Waals surface area (Å²) in [5, 5.41) is 3.39. The van der Waals surface area contributed by atoms with Gasteiger partial charge >= 0.3 is 0 Å². The zero-order chi connectivity index (χ0) is 19.9. The molecule has 0 aliphatic carbocycles. The lowest BCUT2D eigenvalue weighted by Crippen LogP contribution is -2.31. The number of unbranched alkanes of at least 4 members (excludes halogenated alkanes) is 1. The van der Waals surface area contributed by atoms with E-state index in [4.69, 9.17) is 9.47 Å². The Morgan fingerprint density at radius 3 is 2.32 bits per heavy atom. The van der Waals surface area contributed by atoms with Gasteiger partial charge in [-0.2, -0.15) is 0 Å². The van der Waals surface area contributed by atoms with E-state index in [1.807, 2.05) is 25.1 Å². The molecular formula is C22H26N2O4. The number of hydrogen-bond acceptors (Lipinski definition) is 5. The lowest BCUT2D eigenvalue weighted by Gasteiger charge is -2.14. The number of benzene rings is 2. The minimum atomic E-state index is -0.185. The van der Waals surface area contributed by atoms with Crippen LogP contribution in [0.15, 0.2) is 42.5 Å². The monoisotopic (exact) mass is 382 g/mol. The Labute approximate surface area is 165 Å². The van der Waals surface area contributed by atoms with Gasteiger partial charge in [0.05, 0.1) is 24.8 Å². The fourth-order valence-corrected chi connectivity index (χ4v) is 3.29. The Kier molecular flexibility index (Phi) is 6.66. The highest BCUT2D eigenvalue weighted by Crippen LogP contribution is 2.28. The summed E-state index contributed by atoms with van der Waals surface area (Å²) in [6.07, 6.45) is 1.65. The number of methoxy groups -OCH3 is 1. The standard InChI is InChI=1S/C22H26N2O4/c1-3-28-20-14-16(10-11-19(20)27-2)15-23-12-6-7-13-24-21(25)17-8-4-5-9-18(17)22(24)26/h4-5,8-11,14,23H,3,6-7,12-13,15H2,1-2H3. The maximum atomic E-state index is 12.3. The molecule has 0 unspecified atom stereocenters. The molecule has 0 spiro atoms. The van der Waals surface area contributed by atoms with Crippen molar-refractivity contribution < 1.29 is 19.1 Å². The molecule has 2 amide bonds. The highest BCUT2D eigenvalue weighted by molar-refractivity contribution is 6.21. The van der Waals surface area contributed by atoms with Crippen LogP contribution in [0.1, 0.15) is 46.0 Å². The fraction of sp³-hybridized carbons (Fsp3) is 0.364. The number of rotatable bonds is 10. The Morgan fingerprint density at radius 2 is 1.68 bits per heavy atom. The van der Waals surface area contributed by atoms with Crippen molar-refractivity contribution in [3.63, 3.8) is 0 Å². The van der Waals surface area contributed by atoms with Gasteiger partial charge in [0.25, 0.3) is 11.8 Å². The van der Waals surface area contributed by atoms with Crippen molar-refractivity contribution in [1.82, 2.24) is 10.2 Å². The predicted octanol–water partition coefficient (Wildman–Crippen LogP) is 3.26. The minimum Gasteiger partial charge on any atom is -0.493 e. The second kappa shape index (κ2) is 9.37. The molecule has 28 heavy (non-hydrogen) atoms. The summed E-state index contributed by atoms with van der Waals surface area (Å²) >= 11 is 0. The second-order valence-corrected chi connectivity index (χ2v) is 6.61. The van der Waals surface area contributed by atoms with E-state index < -0.39 is 0 Å². The van der Waals surface area contributed by atoms with Crippen LogP contribution in [0.5, 0.6) is 11.5 Å². The van der Waals surface area contributed by atoms with Crippen molar-refractivity contribution in [3.8, 4) is 11.5 Å². The molecule has 1 heterocycles. The van der Waals surface area contributed by atoms with Crippen LogP contribution >= 0.6 is 0 Å². The molecule has 1 aliphatic rings. The molecule has 0 atom stereocenters. The number of carbonyl (C=O) groups excluding carboxylic acids is 2. The molecule has 1 N–H and O–H groups in total. The average Bonchev–Trinajstić information content (AvgIpc) is 2.96. The Hall–Kier alpha value is -2.86. The van der Waals surface area contributed by atoms with Gasteiger partial charge in [-0.1, -0.05) is 18.2 Å². The first kappa shape index (κ1) is 19.9. The first-order valence-electron chi connectivity index (χ1n) is 9.61. The van der Waals surface area contributed by atoms with Crippen LogP contribution < -0.4 is 14.8 Å². The molecule has 0 saturated carbocycles. The molecule has 2 aromatic rings. The first-order valence-corrected chi connectivity index (χ1v) is 9.61. The number of imide groups is 1. The normalized spacial score (nSPS) is 13.0. The molecule has 0 fully saturated rings. The Balaban J connectivity index is 1.41. The van der Waals surface area contributed by atoms with Gasteiger partial charge in [0, 0.05) is 13.1 Å². The zero-order valence-electron chi connectivity index (χ0n) is 16.4. The predicted molar refractivity (Wildman–Crippen MR) is 107 cm³/mol. The molecule has 3 rings (SSSR count). The van der Waals surface area contributed by atoms with E-state index in [0.717, 1.165) is 43.0 Å². The van der Waals surface area contributed by atoms with Crippen LogP contribution in [0.4, 0.5) is 0 Å². The molecule has 148 valence electrons. The van der Waals surface area contributed by atoms with Gasteiger partial charge in [-0.15, -0.1) is 0 Å². The summed E-state index contributed by atoms with van der Waals surface area (Å²) in [5.74, 6) is 1.10. The van der Waals surface area contributed by atoms with E-state index in [1.54, 1.807) is 31.4 Å². The van der Waals surface area contributed by atoms with Crippen LogP contribution in [-0.4, -0.2) is 43.5 Å². The SMILES string of the molecule is CCOc1cc(CNCCCCN2C(=O)c3ccccc3C2=O)ccc1OC. The van der Waals surface area contributed by atoms with Gasteiger partial charge in [-0.25, -0.2) is 0 Å². The highest BCUT2D eigenvalue weighted by Gasteiger charge is 2.34. The van der Waals surface area contributed by atoms with E-state index in [9.17, 15) is 9.59 Å². The van der Waals surface area contributed by atoms with Gasteiger partial charge < -0.3 is 14.8 Å². The van der Waals surface area contributed by atoms with Crippen molar-refractivity contribution in [2.45, 2.75) is 26.3 Å². The zero-order valence-corrected chi connectivity index (χ0v) is 16.4. The second-order valence-electron chi connectivity index (χ2n) is 6.61. The number of fused-ring (bicyclic) bond motifs is 1. The molecule has 0 saturated heterocycles. The summed E-state index contributed by atoms with van der Waals surface area (Å²) in [6.45, 7) is 4.51. The van der Waals surface area contributed by atoms with Crippen molar-refractivity contribution in [2.24, 2.45) is 0 Å². The first-order chi connectivity index (χ1) is 13.7. The molecule has 2 aromatic carbocycles. The van der Waals surface area contributed by atoms with E-state index >= 15 is 0 Å². The number of amides is 2. The lowest BCUT2D eigenvalue weighted by atomic mass is 10.1. The van der Waals surface area contributed by atoms with Crippen LogP contribution in [0.25, 0.3) is 0 Å². The summed E-state index contributed by atoms with van der Waals surface area (Å²) in [6, 6.07) is 12.9. The van der Waals surface area contributed by atoms with Gasteiger partial charge in [-0.05, 0) is 56.1 Å². The van der Waals surface area contributed by atoms with E-state index in [-0.39, 0.29) is 11.8 Å². The molecule has 0 aromatic heterocycles. The third-order valence-electron chi connectivity index (χ3n) is 4.72. The fourth-order valence-electron chi connectivity index (χ4n) is 3.29. The molecule has 0 bridgehead atoms. The van der Waals surface area contributed by atoms with Crippen LogP contribution in [-0.2, 0) is 6.54 Å². The minimum absolute atomic E-state index is 0.185. The maximum absolute atomic E-state index is 12.3. The summed E-state index contributed by atoms with van der Waals surface area (Å²) in [4.78, 5) is 26.0. The number of nitrogens with zero attached hydrogens (tertiary/aromatic N) is 1. The topological polar surface area (TPSA) is 67.9 Å². The largest absolute Gasteiger partial charge is 0.493 e. The van der Waals surface area contributed by atoms with E-state index in [2.05, 4.69) is 5.32 Å². The Bertz CT molecular complexity index is 815. The third kappa shape index (κ3) is 4.34. The van der Waals surface area contributed by atoms with Crippen LogP contribution in [0.3, 0.4) is 0 Å². The van der Waals surface area contributed by atoms with Gasteiger partial charge in [-0.3, -0.25) is 14.5 Å². The van der Waals surface area contributed by atoms with Gasteiger partial charge in [0.1, 0.15) is 0 Å². The quantitative estimate of drug-likeness (QED) is 0.505. The number of ether oxygens (including phenoxy) is 2. The van der Waals surface area contributed by atoms with Crippen molar-refractivity contribution in [1.29, 1.82) is 0 Å². The molecule has 6 nitrogen and oxygen atoms in total. The van der Waals surface area contributed by atoms with E-state index in [0.29, 0.717) is 24.3 Å². The third-order valence-corrected chi connectivity index (χ3v) is 4.72. The highest BCUT2D eigenvalue weighted by atomic mass is 16.5. The summed E-state index contributed by atoms with van der Waals surface area (Å²) in [7, 11) is 1.63. The van der Waals surface area contributed by atoms with Gasteiger partial charge in [0.15, 0.2) is 11.5 Å². The lowest BCUT2D eigenvalue weighted by molar-refractivity contribution is 0.0651. The number of hydrogen-bond donors (Lipinski definition) is 1. The van der Waals surface area contributed by atoms with Crippen molar-refractivity contribution >= 4 is 11.8 Å². The Morgan fingerprint density at radius 1 is 0.964 bits per heavy atom. The molecule has 0 radical (unpaired) electrons. The van der Waals surface area contributed by atoms with Gasteiger partial charge in [0.2, 0.25) is 0 Å². The maximum Gasteiger partial charge on any atom is 0.261 e. The number of carbonyl (C=O) groups is 2. The van der Waals surface area contributed by atoms with Crippen LogP contribution in [0, 0.1) is 0 Å².